The van der Waals surface area contributed by atoms with Crippen LogP contribution in [-0.2, 0) is 17.8 Å². The van der Waals surface area contributed by atoms with Gasteiger partial charge in [0.05, 0.1) is 17.6 Å². The molecule has 6 nitrogen and oxygen atoms in total. The van der Waals surface area contributed by atoms with Gasteiger partial charge in [-0.2, -0.15) is 0 Å². The fourth-order valence-corrected chi connectivity index (χ4v) is 4.77. The van der Waals surface area contributed by atoms with Crippen LogP contribution in [0.2, 0.25) is 0 Å². The normalized spacial score (nSPS) is 18.1. The van der Waals surface area contributed by atoms with Crippen LogP contribution in [0, 0.1) is 0 Å². The molecule has 1 amide bonds. The molecular weight excluding hydrogens is 364 g/mol. The quantitative estimate of drug-likeness (QED) is 0.748. The van der Waals surface area contributed by atoms with E-state index < -0.39 is 0 Å². The number of hydrogen-bond acceptors (Lipinski definition) is 3. The first-order valence-electron chi connectivity index (χ1n) is 10.5. The smallest absolute Gasteiger partial charge is 0.326 e. The van der Waals surface area contributed by atoms with Gasteiger partial charge < -0.3 is 9.88 Å². The first-order chi connectivity index (χ1) is 14.2. The number of piperidine rings is 1. The van der Waals surface area contributed by atoms with Crippen LogP contribution in [-0.4, -0.2) is 51.4 Å². The summed E-state index contributed by atoms with van der Waals surface area (Å²) in [5.74, 6) is 0.210. The first-order valence-corrected chi connectivity index (χ1v) is 10.5. The highest BCUT2D eigenvalue weighted by molar-refractivity contribution is 5.78. The second-order valence-corrected chi connectivity index (χ2v) is 8.16. The van der Waals surface area contributed by atoms with Crippen LogP contribution in [0.25, 0.3) is 11.0 Å². The number of para-hydroxylation sites is 2. The number of H-pyrrole nitrogens is 1. The van der Waals surface area contributed by atoms with E-state index in [-0.39, 0.29) is 17.6 Å². The third-order valence-electron chi connectivity index (χ3n) is 6.39. The van der Waals surface area contributed by atoms with Gasteiger partial charge in [-0.3, -0.25) is 14.3 Å². The summed E-state index contributed by atoms with van der Waals surface area (Å²) in [4.78, 5) is 32.4. The summed E-state index contributed by atoms with van der Waals surface area (Å²) in [7, 11) is 0. The third-order valence-corrected chi connectivity index (χ3v) is 6.39. The van der Waals surface area contributed by atoms with Gasteiger partial charge in [-0.15, -0.1) is 0 Å². The Kier molecular flexibility index (Phi) is 4.72. The Balaban J connectivity index is 1.21. The van der Waals surface area contributed by atoms with Crippen molar-refractivity contribution >= 4 is 16.9 Å². The lowest BCUT2D eigenvalue weighted by Gasteiger charge is -2.35. The lowest BCUT2D eigenvalue weighted by atomic mass is 10.00. The van der Waals surface area contributed by atoms with E-state index in [4.69, 9.17) is 0 Å². The molecule has 1 N–H and O–H groups in total. The molecule has 29 heavy (non-hydrogen) atoms. The fourth-order valence-electron chi connectivity index (χ4n) is 4.77. The minimum Gasteiger partial charge on any atom is -0.337 e. The Bertz CT molecular complexity index is 1090. The highest BCUT2D eigenvalue weighted by Gasteiger charge is 2.27. The Morgan fingerprint density at radius 3 is 2.52 bits per heavy atom. The number of rotatable bonds is 3. The Morgan fingerprint density at radius 1 is 0.966 bits per heavy atom. The predicted molar refractivity (Wildman–Crippen MR) is 113 cm³/mol. The van der Waals surface area contributed by atoms with Gasteiger partial charge in [0.1, 0.15) is 0 Å². The van der Waals surface area contributed by atoms with Gasteiger partial charge in [-0.1, -0.05) is 36.4 Å². The van der Waals surface area contributed by atoms with Crippen LogP contribution in [0.4, 0.5) is 0 Å². The number of hydrogen-bond donors (Lipinski definition) is 1. The number of benzene rings is 2. The van der Waals surface area contributed by atoms with Gasteiger partial charge in [-0.25, -0.2) is 4.79 Å². The molecule has 3 aromatic rings. The van der Waals surface area contributed by atoms with E-state index in [9.17, 15) is 9.59 Å². The molecule has 1 aromatic heterocycles. The lowest BCUT2D eigenvalue weighted by Crippen LogP contribution is -2.45. The SMILES string of the molecule is O=C(CN1CCC(n2c(=O)[nH]c3ccccc32)CC1)N1CCc2ccccc2C1. The standard InChI is InChI=1S/C23H26N4O2/c28-22(26-14-9-17-5-1-2-6-18(17)15-26)16-25-12-10-19(11-13-25)27-21-8-4-3-7-20(21)24-23(27)29/h1-8,19H,9-16H2,(H,24,29). The van der Waals surface area contributed by atoms with Gasteiger partial charge in [0, 0.05) is 32.2 Å². The number of aromatic amines is 1. The third kappa shape index (κ3) is 3.49. The van der Waals surface area contributed by atoms with Gasteiger partial charge in [-0.05, 0) is 42.5 Å². The molecule has 2 aromatic carbocycles. The zero-order valence-electron chi connectivity index (χ0n) is 16.5. The number of nitrogens with one attached hydrogen (secondary N) is 1. The van der Waals surface area contributed by atoms with Crippen molar-refractivity contribution in [3.8, 4) is 0 Å². The molecular formula is C23H26N4O2. The van der Waals surface area contributed by atoms with Crippen molar-refractivity contribution in [2.45, 2.75) is 31.8 Å². The number of imidazole rings is 1. The monoisotopic (exact) mass is 390 g/mol. The molecule has 5 rings (SSSR count). The molecule has 0 spiro atoms. The van der Waals surface area contributed by atoms with Crippen LogP contribution >= 0.6 is 0 Å². The van der Waals surface area contributed by atoms with Crippen molar-refractivity contribution in [1.82, 2.24) is 19.4 Å². The van der Waals surface area contributed by atoms with Crippen LogP contribution in [0.1, 0.15) is 30.0 Å². The molecule has 3 heterocycles. The average Bonchev–Trinajstić information content (AvgIpc) is 3.09. The van der Waals surface area contributed by atoms with Crippen molar-refractivity contribution < 1.29 is 4.79 Å². The number of amides is 1. The average molecular weight is 390 g/mol. The van der Waals surface area contributed by atoms with Crippen molar-refractivity contribution in [1.29, 1.82) is 0 Å². The minimum absolute atomic E-state index is 0.0345. The second-order valence-electron chi connectivity index (χ2n) is 8.16. The minimum atomic E-state index is -0.0345. The largest absolute Gasteiger partial charge is 0.337 e. The van der Waals surface area contributed by atoms with Crippen molar-refractivity contribution in [3.63, 3.8) is 0 Å². The van der Waals surface area contributed by atoms with Gasteiger partial charge in [0.2, 0.25) is 5.91 Å². The maximum Gasteiger partial charge on any atom is 0.326 e. The molecule has 6 heteroatoms. The van der Waals surface area contributed by atoms with E-state index in [0.717, 1.165) is 56.5 Å². The van der Waals surface area contributed by atoms with E-state index in [1.807, 2.05) is 39.8 Å². The van der Waals surface area contributed by atoms with Crippen LogP contribution in [0.3, 0.4) is 0 Å². The van der Waals surface area contributed by atoms with Gasteiger partial charge in [0.15, 0.2) is 0 Å². The summed E-state index contributed by atoms with van der Waals surface area (Å²) < 4.78 is 1.90. The maximum atomic E-state index is 12.8. The molecule has 0 bridgehead atoms. The first kappa shape index (κ1) is 18.2. The van der Waals surface area contributed by atoms with E-state index >= 15 is 0 Å². The van der Waals surface area contributed by atoms with Crippen LogP contribution in [0.5, 0.6) is 0 Å². The van der Waals surface area contributed by atoms with Crippen molar-refractivity contribution in [3.05, 3.63) is 70.1 Å². The maximum absolute atomic E-state index is 12.8. The van der Waals surface area contributed by atoms with E-state index in [0.29, 0.717) is 6.54 Å². The molecule has 0 saturated carbocycles. The Labute approximate surface area is 169 Å². The van der Waals surface area contributed by atoms with Gasteiger partial charge >= 0.3 is 5.69 Å². The summed E-state index contributed by atoms with van der Waals surface area (Å²) in [5, 5.41) is 0. The molecule has 1 fully saturated rings. The second kappa shape index (κ2) is 7.52. The molecule has 2 aliphatic heterocycles. The topological polar surface area (TPSA) is 61.3 Å². The molecule has 0 aliphatic carbocycles. The summed E-state index contributed by atoms with van der Waals surface area (Å²) in [6.07, 6.45) is 2.71. The van der Waals surface area contributed by atoms with Crippen molar-refractivity contribution in [2.75, 3.05) is 26.2 Å². The molecule has 0 atom stereocenters. The summed E-state index contributed by atoms with van der Waals surface area (Å²) >= 11 is 0. The molecule has 2 aliphatic rings. The zero-order chi connectivity index (χ0) is 19.8. The van der Waals surface area contributed by atoms with Crippen molar-refractivity contribution in [2.24, 2.45) is 0 Å². The van der Waals surface area contributed by atoms with Crippen LogP contribution < -0.4 is 5.69 Å². The van der Waals surface area contributed by atoms with Crippen LogP contribution in [0.15, 0.2) is 53.3 Å². The molecule has 0 radical (unpaired) electrons. The number of fused-ring (bicyclic) bond motifs is 2. The highest BCUT2D eigenvalue weighted by Crippen LogP contribution is 2.25. The van der Waals surface area contributed by atoms with Gasteiger partial charge in [0.25, 0.3) is 0 Å². The molecule has 1 saturated heterocycles. The predicted octanol–water partition coefficient (Wildman–Crippen LogP) is 2.55. The Morgan fingerprint density at radius 2 is 1.69 bits per heavy atom. The number of aromatic nitrogens is 2. The fraction of sp³-hybridized carbons (Fsp3) is 0.391. The van der Waals surface area contributed by atoms with E-state index in [2.05, 4.69) is 28.1 Å². The number of carbonyl (C=O) groups excluding carboxylic acids is 1. The van der Waals surface area contributed by atoms with E-state index in [1.54, 1.807) is 0 Å². The Hall–Kier alpha value is -2.86. The number of nitrogens with zero attached hydrogens (tertiary/aromatic N) is 3. The number of carbonyl (C=O) groups is 1. The summed E-state index contributed by atoms with van der Waals surface area (Å²) in [6, 6.07) is 16.4. The number of likely N-dealkylation sites (tertiary alicyclic amines) is 1. The summed E-state index contributed by atoms with van der Waals surface area (Å²) in [5.41, 5.74) is 4.46. The van der Waals surface area contributed by atoms with E-state index in [1.165, 1.54) is 11.1 Å². The zero-order valence-corrected chi connectivity index (χ0v) is 16.5. The highest BCUT2D eigenvalue weighted by atomic mass is 16.2. The summed E-state index contributed by atoms with van der Waals surface area (Å²) in [6.45, 7) is 3.67. The molecule has 150 valence electrons. The lowest BCUT2D eigenvalue weighted by molar-refractivity contribution is -0.133. The molecule has 0 unspecified atom stereocenters.